The van der Waals surface area contributed by atoms with Crippen LogP contribution in [0.1, 0.15) is 16.9 Å². The summed E-state index contributed by atoms with van der Waals surface area (Å²) in [5.41, 5.74) is 2.68. The van der Waals surface area contributed by atoms with Crippen LogP contribution in [0.4, 0.5) is 11.4 Å². The van der Waals surface area contributed by atoms with Gasteiger partial charge in [0.2, 0.25) is 0 Å². The van der Waals surface area contributed by atoms with E-state index in [-0.39, 0.29) is 5.91 Å². The van der Waals surface area contributed by atoms with Crippen molar-refractivity contribution in [2.45, 2.75) is 6.42 Å². The van der Waals surface area contributed by atoms with E-state index in [1.54, 1.807) is 6.20 Å². The van der Waals surface area contributed by atoms with Gasteiger partial charge in [0, 0.05) is 50.3 Å². The molecule has 6 heteroatoms. The van der Waals surface area contributed by atoms with Crippen molar-refractivity contribution in [3.05, 3.63) is 54.4 Å². The van der Waals surface area contributed by atoms with Gasteiger partial charge in [0.15, 0.2) is 0 Å². The predicted octanol–water partition coefficient (Wildman–Crippen LogP) is 2.41. The molecule has 2 heterocycles. The first-order valence-corrected chi connectivity index (χ1v) is 9.57. The maximum Gasteiger partial charge on any atom is 0.272 e. The second-order valence-electron chi connectivity index (χ2n) is 7.13. The number of pyridine rings is 1. The summed E-state index contributed by atoms with van der Waals surface area (Å²) in [6.45, 7) is 5.05. The molecule has 0 atom stereocenters. The van der Waals surface area contributed by atoms with Crippen LogP contribution in [0.25, 0.3) is 0 Å². The van der Waals surface area contributed by atoms with Gasteiger partial charge in [-0.2, -0.15) is 0 Å². The monoisotopic (exact) mass is 367 g/mol. The number of benzene rings is 1. The van der Waals surface area contributed by atoms with Gasteiger partial charge in [0.25, 0.3) is 5.91 Å². The summed E-state index contributed by atoms with van der Waals surface area (Å²) in [6.07, 6.45) is 2.77. The quantitative estimate of drug-likeness (QED) is 0.762. The van der Waals surface area contributed by atoms with E-state index in [9.17, 15) is 4.79 Å². The Morgan fingerprint density at radius 2 is 1.85 bits per heavy atom. The number of carbonyl (C=O) groups is 1. The van der Waals surface area contributed by atoms with Crippen LogP contribution in [0, 0.1) is 0 Å². The Morgan fingerprint density at radius 1 is 1.11 bits per heavy atom. The minimum atomic E-state index is 0.0136. The van der Waals surface area contributed by atoms with E-state index >= 15 is 0 Å². The van der Waals surface area contributed by atoms with Gasteiger partial charge in [0.05, 0.1) is 0 Å². The molecule has 1 fully saturated rings. The van der Waals surface area contributed by atoms with Crippen LogP contribution < -0.4 is 10.2 Å². The molecule has 144 valence electrons. The van der Waals surface area contributed by atoms with Gasteiger partial charge in [-0.05, 0) is 51.3 Å². The first kappa shape index (κ1) is 19.2. The topological polar surface area (TPSA) is 51.7 Å². The zero-order valence-corrected chi connectivity index (χ0v) is 16.3. The van der Waals surface area contributed by atoms with Crippen molar-refractivity contribution in [3.8, 4) is 0 Å². The zero-order chi connectivity index (χ0) is 19.1. The van der Waals surface area contributed by atoms with E-state index in [4.69, 9.17) is 0 Å². The summed E-state index contributed by atoms with van der Waals surface area (Å²) in [5, 5.41) is 3.38. The number of aromatic nitrogens is 1. The molecule has 3 rings (SSSR count). The van der Waals surface area contributed by atoms with Gasteiger partial charge < -0.3 is 20.0 Å². The van der Waals surface area contributed by atoms with Crippen LogP contribution in [0.2, 0.25) is 0 Å². The molecule has 1 N–H and O–H groups in total. The normalized spacial score (nSPS) is 14.5. The maximum atomic E-state index is 12.8. The molecular weight excluding hydrogens is 338 g/mol. The third-order valence-electron chi connectivity index (χ3n) is 4.78. The lowest BCUT2D eigenvalue weighted by Gasteiger charge is -2.36. The van der Waals surface area contributed by atoms with Crippen molar-refractivity contribution in [1.82, 2.24) is 14.8 Å². The highest BCUT2D eigenvalue weighted by molar-refractivity contribution is 5.93. The zero-order valence-electron chi connectivity index (χ0n) is 16.3. The second-order valence-corrected chi connectivity index (χ2v) is 7.13. The Labute approximate surface area is 161 Å². The van der Waals surface area contributed by atoms with E-state index in [0.29, 0.717) is 5.69 Å². The van der Waals surface area contributed by atoms with Crippen molar-refractivity contribution in [2.24, 2.45) is 0 Å². The van der Waals surface area contributed by atoms with Crippen LogP contribution in [-0.4, -0.2) is 74.1 Å². The number of rotatable bonds is 7. The minimum Gasteiger partial charge on any atom is -0.385 e. The molecule has 1 aliphatic heterocycles. The predicted molar refractivity (Wildman–Crippen MR) is 110 cm³/mol. The van der Waals surface area contributed by atoms with Gasteiger partial charge >= 0.3 is 0 Å². The van der Waals surface area contributed by atoms with Gasteiger partial charge in [-0.15, -0.1) is 0 Å². The van der Waals surface area contributed by atoms with Crippen molar-refractivity contribution in [3.63, 3.8) is 0 Å². The fourth-order valence-electron chi connectivity index (χ4n) is 3.25. The van der Waals surface area contributed by atoms with Gasteiger partial charge in [-0.3, -0.25) is 9.78 Å². The third-order valence-corrected chi connectivity index (χ3v) is 4.78. The fraction of sp³-hybridized carbons (Fsp3) is 0.429. The van der Waals surface area contributed by atoms with Crippen LogP contribution in [-0.2, 0) is 0 Å². The number of amides is 1. The standard InChI is InChI=1S/C21H29N5O/c1-24(2)12-6-10-22-18-9-11-23-20(17-18)21(27)26-15-13-25(14-16-26)19-7-4-3-5-8-19/h3-5,7-9,11,17H,6,10,12-16H2,1-2H3,(H,22,23). The summed E-state index contributed by atoms with van der Waals surface area (Å²) in [5.74, 6) is 0.0136. The molecular formula is C21H29N5O. The molecule has 27 heavy (non-hydrogen) atoms. The number of anilines is 2. The Bertz CT molecular complexity index is 726. The molecule has 0 radical (unpaired) electrons. The molecule has 1 aromatic carbocycles. The lowest BCUT2D eigenvalue weighted by molar-refractivity contribution is 0.0741. The lowest BCUT2D eigenvalue weighted by atomic mass is 10.2. The fourth-order valence-corrected chi connectivity index (χ4v) is 3.25. The van der Waals surface area contributed by atoms with Crippen LogP contribution >= 0.6 is 0 Å². The first-order chi connectivity index (χ1) is 13.1. The van der Waals surface area contributed by atoms with Gasteiger partial charge in [0.1, 0.15) is 5.69 Å². The Balaban J connectivity index is 1.53. The van der Waals surface area contributed by atoms with Crippen molar-refractivity contribution >= 4 is 17.3 Å². The van der Waals surface area contributed by atoms with Crippen LogP contribution in [0.5, 0.6) is 0 Å². The Morgan fingerprint density at radius 3 is 2.56 bits per heavy atom. The Hall–Kier alpha value is -2.60. The second kappa shape index (κ2) is 9.37. The number of piperazine rings is 1. The maximum absolute atomic E-state index is 12.8. The minimum absolute atomic E-state index is 0.0136. The third kappa shape index (κ3) is 5.44. The molecule has 0 bridgehead atoms. The highest BCUT2D eigenvalue weighted by Crippen LogP contribution is 2.17. The number of hydrogen-bond donors (Lipinski definition) is 1. The molecule has 0 unspecified atom stereocenters. The highest BCUT2D eigenvalue weighted by Gasteiger charge is 2.23. The molecule has 6 nitrogen and oxygen atoms in total. The molecule has 1 amide bonds. The number of carbonyl (C=O) groups excluding carboxylic acids is 1. The lowest BCUT2D eigenvalue weighted by Crippen LogP contribution is -2.49. The largest absolute Gasteiger partial charge is 0.385 e. The molecule has 1 aliphatic rings. The number of nitrogens with one attached hydrogen (secondary N) is 1. The van der Waals surface area contributed by atoms with E-state index in [0.717, 1.165) is 51.4 Å². The number of para-hydroxylation sites is 1. The SMILES string of the molecule is CN(C)CCCNc1ccnc(C(=O)N2CCN(c3ccccc3)CC2)c1. The van der Waals surface area contributed by atoms with E-state index in [1.165, 1.54) is 5.69 Å². The Kier molecular flexibility index (Phi) is 6.65. The summed E-state index contributed by atoms with van der Waals surface area (Å²) < 4.78 is 0. The summed E-state index contributed by atoms with van der Waals surface area (Å²) >= 11 is 0. The van der Waals surface area contributed by atoms with Crippen LogP contribution in [0.15, 0.2) is 48.7 Å². The van der Waals surface area contributed by atoms with E-state index in [1.807, 2.05) is 35.2 Å². The smallest absolute Gasteiger partial charge is 0.272 e. The van der Waals surface area contributed by atoms with E-state index < -0.39 is 0 Å². The molecule has 0 aliphatic carbocycles. The van der Waals surface area contributed by atoms with Crippen LogP contribution in [0.3, 0.4) is 0 Å². The average molecular weight is 367 g/mol. The van der Waals surface area contributed by atoms with Gasteiger partial charge in [-0.25, -0.2) is 0 Å². The van der Waals surface area contributed by atoms with Gasteiger partial charge in [-0.1, -0.05) is 18.2 Å². The molecule has 1 aromatic heterocycles. The average Bonchev–Trinajstić information content (AvgIpc) is 2.71. The number of nitrogens with zero attached hydrogens (tertiary/aromatic N) is 4. The molecule has 0 spiro atoms. The van der Waals surface area contributed by atoms with Crippen molar-refractivity contribution in [1.29, 1.82) is 0 Å². The molecule has 0 saturated carbocycles. The molecule has 1 saturated heterocycles. The van der Waals surface area contributed by atoms with E-state index in [2.05, 4.69) is 46.3 Å². The number of hydrogen-bond acceptors (Lipinski definition) is 5. The summed E-state index contributed by atoms with van der Waals surface area (Å²) in [4.78, 5) is 23.5. The van der Waals surface area contributed by atoms with Crippen molar-refractivity contribution in [2.75, 3.05) is 63.6 Å². The van der Waals surface area contributed by atoms with Crippen molar-refractivity contribution < 1.29 is 4.79 Å². The first-order valence-electron chi connectivity index (χ1n) is 9.57. The molecule has 2 aromatic rings. The summed E-state index contributed by atoms with van der Waals surface area (Å²) in [6, 6.07) is 14.1. The highest BCUT2D eigenvalue weighted by atomic mass is 16.2. The summed E-state index contributed by atoms with van der Waals surface area (Å²) in [7, 11) is 4.14.